The number of nitrogens with one attached hydrogen (secondary N) is 1. The number of fused-ring (bicyclic) bond motifs is 1. The van der Waals surface area contributed by atoms with Crippen molar-refractivity contribution in [3.8, 4) is 0 Å². The Morgan fingerprint density at radius 3 is 2.25 bits per heavy atom. The summed E-state index contributed by atoms with van der Waals surface area (Å²) in [5, 5.41) is 3.01. The highest BCUT2D eigenvalue weighted by Crippen LogP contribution is 2.41. The lowest BCUT2D eigenvalue weighted by molar-refractivity contribution is -0.115. The molecule has 1 amide bonds. The molecule has 0 saturated carbocycles. The minimum Gasteiger partial charge on any atom is -0.323 e. The van der Waals surface area contributed by atoms with Crippen molar-refractivity contribution in [1.82, 2.24) is 0 Å². The van der Waals surface area contributed by atoms with Gasteiger partial charge in [-0.3, -0.25) is 13.4 Å². The fraction of sp³-hybridized carbons (Fsp3) is 0.316. The Morgan fingerprint density at radius 1 is 1.11 bits per heavy atom. The van der Waals surface area contributed by atoms with Gasteiger partial charge in [0.2, 0.25) is 5.91 Å². The minimum absolute atomic E-state index is 0.0481. The Bertz CT molecular complexity index is 1010. The standard InChI is InChI=1S/C19H22FN3O3S2/c1-12(2)27-14-7-5-13(6-8-14)9-19(24)21-16-11-18-17(10-15(16)20)22(3)28(25,26)23(18)4/h5-8,10-12H,9H2,1-4H3,(H,21,24). The van der Waals surface area contributed by atoms with Crippen LogP contribution in [0.3, 0.4) is 0 Å². The van der Waals surface area contributed by atoms with E-state index in [2.05, 4.69) is 19.2 Å². The van der Waals surface area contributed by atoms with Gasteiger partial charge >= 0.3 is 10.2 Å². The van der Waals surface area contributed by atoms with Gasteiger partial charge in [0.1, 0.15) is 5.82 Å². The highest BCUT2D eigenvalue weighted by Gasteiger charge is 2.36. The Balaban J connectivity index is 1.74. The molecule has 1 aliphatic heterocycles. The molecule has 6 nitrogen and oxygen atoms in total. The Morgan fingerprint density at radius 2 is 1.68 bits per heavy atom. The van der Waals surface area contributed by atoms with Crippen LogP contribution in [-0.4, -0.2) is 33.7 Å². The van der Waals surface area contributed by atoms with Crippen LogP contribution in [0, 0.1) is 5.82 Å². The zero-order valence-corrected chi connectivity index (χ0v) is 17.7. The predicted octanol–water partition coefficient (Wildman–Crippen LogP) is 3.64. The fourth-order valence-electron chi connectivity index (χ4n) is 2.92. The van der Waals surface area contributed by atoms with Crippen molar-refractivity contribution in [2.45, 2.75) is 30.4 Å². The van der Waals surface area contributed by atoms with E-state index in [-0.39, 0.29) is 23.7 Å². The molecule has 0 unspecified atom stereocenters. The smallest absolute Gasteiger partial charge is 0.323 e. The molecule has 9 heteroatoms. The first-order valence-corrected chi connectivity index (χ1v) is 11.0. The van der Waals surface area contributed by atoms with Gasteiger partial charge in [0.25, 0.3) is 0 Å². The van der Waals surface area contributed by atoms with Gasteiger partial charge in [-0.05, 0) is 23.8 Å². The molecule has 0 bridgehead atoms. The molecule has 1 N–H and O–H groups in total. The summed E-state index contributed by atoms with van der Waals surface area (Å²) in [6.45, 7) is 4.22. The number of hydrogen-bond acceptors (Lipinski definition) is 4. The second-order valence-corrected chi connectivity index (χ2v) is 10.4. The molecule has 150 valence electrons. The Hall–Kier alpha value is -2.26. The number of carbonyl (C=O) groups is 1. The van der Waals surface area contributed by atoms with Crippen LogP contribution in [0.5, 0.6) is 0 Å². The van der Waals surface area contributed by atoms with Crippen LogP contribution in [0.15, 0.2) is 41.3 Å². The van der Waals surface area contributed by atoms with Gasteiger partial charge in [-0.2, -0.15) is 8.42 Å². The SMILES string of the molecule is CC(C)Sc1ccc(CC(=O)Nc2cc3c(cc2F)N(C)S(=O)(=O)N3C)cc1. The number of anilines is 3. The van der Waals surface area contributed by atoms with Gasteiger partial charge < -0.3 is 5.32 Å². The number of thioether (sulfide) groups is 1. The molecule has 2 aromatic carbocycles. The van der Waals surface area contributed by atoms with Crippen LogP contribution < -0.4 is 13.9 Å². The molecule has 0 atom stereocenters. The summed E-state index contributed by atoms with van der Waals surface area (Å²) in [4.78, 5) is 13.5. The first-order valence-electron chi connectivity index (χ1n) is 8.71. The number of hydrogen-bond donors (Lipinski definition) is 1. The maximum atomic E-state index is 14.4. The summed E-state index contributed by atoms with van der Waals surface area (Å²) >= 11 is 1.73. The molecule has 1 aliphatic rings. The molecular weight excluding hydrogens is 401 g/mol. The Kier molecular flexibility index (Phi) is 5.58. The topological polar surface area (TPSA) is 69.7 Å². The largest absolute Gasteiger partial charge is 0.326 e. The van der Waals surface area contributed by atoms with Gasteiger partial charge in [-0.15, -0.1) is 11.8 Å². The van der Waals surface area contributed by atoms with E-state index in [1.54, 1.807) is 11.8 Å². The minimum atomic E-state index is -3.70. The summed E-state index contributed by atoms with van der Waals surface area (Å²) in [7, 11) is -0.956. The zero-order chi connectivity index (χ0) is 20.6. The van der Waals surface area contributed by atoms with Gasteiger partial charge in [0, 0.05) is 30.3 Å². The third-order valence-electron chi connectivity index (χ3n) is 4.37. The summed E-state index contributed by atoms with van der Waals surface area (Å²) < 4.78 is 40.8. The van der Waals surface area contributed by atoms with E-state index < -0.39 is 16.0 Å². The molecule has 1 heterocycles. The predicted molar refractivity (Wildman–Crippen MR) is 112 cm³/mol. The lowest BCUT2D eigenvalue weighted by atomic mass is 10.1. The monoisotopic (exact) mass is 423 g/mol. The van der Waals surface area contributed by atoms with Crippen molar-refractivity contribution in [3.63, 3.8) is 0 Å². The van der Waals surface area contributed by atoms with Crippen LogP contribution in [0.2, 0.25) is 0 Å². The molecule has 28 heavy (non-hydrogen) atoms. The molecule has 3 rings (SSSR count). The van der Waals surface area contributed by atoms with E-state index in [4.69, 9.17) is 0 Å². The number of amides is 1. The van der Waals surface area contributed by atoms with Crippen molar-refractivity contribution < 1.29 is 17.6 Å². The van der Waals surface area contributed by atoms with Crippen molar-refractivity contribution in [1.29, 1.82) is 0 Å². The maximum absolute atomic E-state index is 14.4. The van der Waals surface area contributed by atoms with Gasteiger partial charge in [-0.1, -0.05) is 26.0 Å². The average Bonchev–Trinajstić information content (AvgIpc) is 2.77. The summed E-state index contributed by atoms with van der Waals surface area (Å²) in [5.74, 6) is -1.06. The van der Waals surface area contributed by atoms with E-state index in [1.165, 1.54) is 20.2 Å². The number of halogens is 1. The second-order valence-electron chi connectivity index (χ2n) is 6.80. The van der Waals surface area contributed by atoms with Gasteiger partial charge in [-0.25, -0.2) is 4.39 Å². The highest BCUT2D eigenvalue weighted by atomic mass is 32.2. The maximum Gasteiger partial charge on any atom is 0.326 e. The number of carbonyl (C=O) groups excluding carboxylic acids is 1. The Labute approximate surface area is 168 Å². The molecule has 0 spiro atoms. The van der Waals surface area contributed by atoms with Crippen molar-refractivity contribution in [2.24, 2.45) is 0 Å². The van der Waals surface area contributed by atoms with E-state index in [0.29, 0.717) is 10.9 Å². The lowest BCUT2D eigenvalue weighted by Crippen LogP contribution is -2.32. The molecule has 0 saturated heterocycles. The quantitative estimate of drug-likeness (QED) is 0.746. The number of benzene rings is 2. The summed E-state index contributed by atoms with van der Waals surface area (Å²) in [6, 6.07) is 10.1. The average molecular weight is 424 g/mol. The van der Waals surface area contributed by atoms with Crippen LogP contribution in [0.25, 0.3) is 0 Å². The summed E-state index contributed by atoms with van der Waals surface area (Å²) in [5.41, 5.74) is 1.31. The van der Waals surface area contributed by atoms with Crippen LogP contribution in [-0.2, 0) is 21.4 Å². The molecule has 2 aromatic rings. The first kappa shape index (κ1) is 20.5. The summed E-state index contributed by atoms with van der Waals surface area (Å²) in [6.07, 6.45) is 0.0944. The second kappa shape index (κ2) is 7.63. The van der Waals surface area contributed by atoms with Crippen LogP contribution in [0.4, 0.5) is 21.5 Å². The van der Waals surface area contributed by atoms with Gasteiger partial charge in [0.15, 0.2) is 0 Å². The van der Waals surface area contributed by atoms with Crippen molar-refractivity contribution >= 4 is 44.9 Å². The van der Waals surface area contributed by atoms with E-state index in [1.807, 2.05) is 24.3 Å². The van der Waals surface area contributed by atoms with Crippen LogP contribution >= 0.6 is 11.8 Å². The highest BCUT2D eigenvalue weighted by molar-refractivity contribution is 7.99. The molecule has 0 aliphatic carbocycles. The van der Waals surface area contributed by atoms with E-state index >= 15 is 0 Å². The van der Waals surface area contributed by atoms with Crippen molar-refractivity contribution in [2.75, 3.05) is 28.0 Å². The van der Waals surface area contributed by atoms with E-state index in [9.17, 15) is 17.6 Å². The lowest BCUT2D eigenvalue weighted by Gasteiger charge is -2.13. The van der Waals surface area contributed by atoms with Gasteiger partial charge in [0.05, 0.1) is 23.5 Å². The zero-order valence-electron chi connectivity index (χ0n) is 16.1. The molecule has 0 radical (unpaired) electrons. The normalized spacial score (nSPS) is 15.1. The number of rotatable bonds is 5. The number of nitrogens with zero attached hydrogens (tertiary/aromatic N) is 2. The van der Waals surface area contributed by atoms with Crippen molar-refractivity contribution in [3.05, 3.63) is 47.8 Å². The first-order chi connectivity index (χ1) is 13.1. The fourth-order valence-corrected chi connectivity index (χ4v) is 4.92. The molecule has 0 aromatic heterocycles. The third-order valence-corrected chi connectivity index (χ3v) is 7.16. The molecule has 0 fully saturated rings. The van der Waals surface area contributed by atoms with E-state index in [0.717, 1.165) is 25.1 Å². The molecular formula is C19H22FN3O3S2. The third kappa shape index (κ3) is 3.95. The van der Waals surface area contributed by atoms with Crippen LogP contribution in [0.1, 0.15) is 19.4 Å².